The summed E-state index contributed by atoms with van der Waals surface area (Å²) < 4.78 is 29.9. The summed E-state index contributed by atoms with van der Waals surface area (Å²) >= 11 is 0. The molecule has 0 unspecified atom stereocenters. The summed E-state index contributed by atoms with van der Waals surface area (Å²) in [5.41, 5.74) is 0.551. The van der Waals surface area contributed by atoms with Gasteiger partial charge in [0.05, 0.1) is 4.90 Å². The molecule has 0 aromatic heterocycles. The monoisotopic (exact) mass is 258 g/mol. The molecule has 0 bridgehead atoms. The predicted octanol–water partition coefficient (Wildman–Crippen LogP) is 3.83. The first kappa shape index (κ1) is 16.1. The second-order valence-corrected chi connectivity index (χ2v) is 5.34. The molecule has 17 heavy (non-hydrogen) atoms. The lowest BCUT2D eigenvalue weighted by atomic mass is 10.2. The summed E-state index contributed by atoms with van der Waals surface area (Å²) in [6.45, 7) is 6.09. The van der Waals surface area contributed by atoms with Gasteiger partial charge in [-0.2, -0.15) is 8.42 Å². The third-order valence-corrected chi connectivity index (χ3v) is 3.34. The zero-order valence-corrected chi connectivity index (χ0v) is 11.6. The van der Waals surface area contributed by atoms with Gasteiger partial charge in [-0.25, -0.2) is 0 Å². The average Bonchev–Trinajstić information content (AvgIpc) is 2.26. The quantitative estimate of drug-likeness (QED) is 0.659. The highest BCUT2D eigenvalue weighted by Crippen LogP contribution is 2.12. The molecule has 4 heteroatoms. The zero-order chi connectivity index (χ0) is 13.3. The predicted molar refractivity (Wildman–Crippen MR) is 70.8 cm³/mol. The summed E-state index contributed by atoms with van der Waals surface area (Å²) in [6, 6.07) is 6.27. The third kappa shape index (κ3) is 7.13. The molecule has 1 aromatic carbocycles. The van der Waals surface area contributed by atoms with Crippen molar-refractivity contribution in [2.45, 2.75) is 51.3 Å². The molecule has 98 valence electrons. The number of aryl methyl sites for hydroxylation is 1. The van der Waals surface area contributed by atoms with Crippen LogP contribution in [-0.4, -0.2) is 13.0 Å². The van der Waals surface area contributed by atoms with E-state index >= 15 is 0 Å². The Kier molecular flexibility index (Phi) is 7.83. The van der Waals surface area contributed by atoms with E-state index in [1.54, 1.807) is 25.1 Å². The van der Waals surface area contributed by atoms with E-state index in [-0.39, 0.29) is 4.90 Å². The van der Waals surface area contributed by atoms with E-state index < -0.39 is 10.1 Å². The van der Waals surface area contributed by atoms with E-state index in [1.807, 2.05) is 0 Å². The molecule has 0 atom stereocenters. The molecular formula is C13H22O3S. The lowest BCUT2D eigenvalue weighted by molar-refractivity contribution is 0.482. The van der Waals surface area contributed by atoms with Gasteiger partial charge in [0.15, 0.2) is 0 Å². The van der Waals surface area contributed by atoms with Crippen molar-refractivity contribution >= 4 is 10.1 Å². The minimum Gasteiger partial charge on any atom is -0.282 e. The van der Waals surface area contributed by atoms with E-state index in [9.17, 15) is 8.42 Å². The van der Waals surface area contributed by atoms with Gasteiger partial charge in [0.2, 0.25) is 0 Å². The summed E-state index contributed by atoms with van der Waals surface area (Å²) in [7, 11) is -4.03. The maximum absolute atomic E-state index is 10.6. The van der Waals surface area contributed by atoms with Gasteiger partial charge in [-0.3, -0.25) is 4.55 Å². The van der Waals surface area contributed by atoms with Gasteiger partial charge in [0.25, 0.3) is 10.1 Å². The van der Waals surface area contributed by atoms with E-state index in [1.165, 1.54) is 31.7 Å². The molecule has 0 saturated carbocycles. The Morgan fingerprint density at radius 1 is 1.06 bits per heavy atom. The first-order chi connectivity index (χ1) is 7.93. The van der Waals surface area contributed by atoms with Gasteiger partial charge in [-0.15, -0.1) is 0 Å². The normalized spacial score (nSPS) is 10.6. The number of hydrogen-bond acceptors (Lipinski definition) is 2. The van der Waals surface area contributed by atoms with Crippen molar-refractivity contribution in [3.63, 3.8) is 0 Å². The van der Waals surface area contributed by atoms with E-state index in [4.69, 9.17) is 4.55 Å². The van der Waals surface area contributed by atoms with Crippen molar-refractivity contribution in [3.05, 3.63) is 29.8 Å². The molecule has 1 aromatic rings. The molecule has 3 nitrogen and oxygen atoms in total. The minimum absolute atomic E-state index is 0.0278. The van der Waals surface area contributed by atoms with Crippen LogP contribution in [0.1, 0.15) is 45.1 Å². The van der Waals surface area contributed by atoms with Crippen LogP contribution < -0.4 is 0 Å². The van der Waals surface area contributed by atoms with Gasteiger partial charge >= 0.3 is 0 Å². The fourth-order valence-corrected chi connectivity index (χ4v) is 2.07. The molecule has 1 rings (SSSR count). The Hall–Kier alpha value is -0.870. The summed E-state index contributed by atoms with van der Waals surface area (Å²) in [4.78, 5) is -0.0278. The van der Waals surface area contributed by atoms with Crippen LogP contribution in [0.25, 0.3) is 0 Å². The summed E-state index contributed by atoms with van der Waals surface area (Å²) in [5.74, 6) is 0. The Labute approximate surface area is 105 Å². The zero-order valence-electron chi connectivity index (χ0n) is 10.8. The van der Waals surface area contributed by atoms with Crippen LogP contribution in [0.3, 0.4) is 0 Å². The lowest BCUT2D eigenvalue weighted by Crippen LogP contribution is -1.99. The molecule has 1 N–H and O–H groups in total. The molecule has 0 aliphatic carbocycles. The number of unbranched alkanes of at least 4 members (excludes halogenated alkanes) is 3. The molecule has 0 heterocycles. The third-order valence-electron chi connectivity index (χ3n) is 2.33. The van der Waals surface area contributed by atoms with Crippen LogP contribution in [0.2, 0.25) is 0 Å². The maximum Gasteiger partial charge on any atom is 0.294 e. The van der Waals surface area contributed by atoms with Gasteiger partial charge in [-0.1, -0.05) is 57.7 Å². The molecule has 0 saturated heterocycles. The Morgan fingerprint density at radius 3 is 1.82 bits per heavy atom. The Balaban J connectivity index is 0.000000366. The van der Waals surface area contributed by atoms with Crippen molar-refractivity contribution in [1.29, 1.82) is 0 Å². The summed E-state index contributed by atoms with van der Waals surface area (Å²) in [6.07, 6.45) is 5.54. The van der Waals surface area contributed by atoms with E-state index in [0.717, 1.165) is 0 Å². The van der Waals surface area contributed by atoms with Gasteiger partial charge in [0, 0.05) is 0 Å². The smallest absolute Gasteiger partial charge is 0.282 e. The van der Waals surface area contributed by atoms with Crippen LogP contribution in [0.5, 0.6) is 0 Å². The fourth-order valence-electron chi connectivity index (χ4n) is 1.35. The molecule has 0 aliphatic heterocycles. The van der Waals surface area contributed by atoms with Crippen molar-refractivity contribution < 1.29 is 13.0 Å². The highest BCUT2D eigenvalue weighted by molar-refractivity contribution is 7.85. The molecular weight excluding hydrogens is 236 g/mol. The highest BCUT2D eigenvalue weighted by Gasteiger charge is 2.10. The second kappa shape index (κ2) is 8.25. The molecule has 0 radical (unpaired) electrons. The largest absolute Gasteiger partial charge is 0.294 e. The van der Waals surface area contributed by atoms with Crippen LogP contribution in [-0.2, 0) is 10.1 Å². The van der Waals surface area contributed by atoms with E-state index in [2.05, 4.69) is 13.8 Å². The SMILES string of the molecule is CCCCCC.Cc1ccccc1S(=O)(=O)O. The van der Waals surface area contributed by atoms with E-state index in [0.29, 0.717) is 5.56 Å². The number of benzene rings is 1. The summed E-state index contributed by atoms with van der Waals surface area (Å²) in [5, 5.41) is 0. The van der Waals surface area contributed by atoms with Gasteiger partial charge in [0.1, 0.15) is 0 Å². The molecule has 0 amide bonds. The first-order valence-corrected chi connectivity index (χ1v) is 7.40. The van der Waals surface area contributed by atoms with Crippen molar-refractivity contribution in [3.8, 4) is 0 Å². The maximum atomic E-state index is 10.6. The Bertz CT molecular complexity index is 406. The van der Waals surface area contributed by atoms with Crippen LogP contribution in [0, 0.1) is 6.92 Å². The topological polar surface area (TPSA) is 54.4 Å². The molecule has 0 fully saturated rings. The molecule has 0 aliphatic rings. The van der Waals surface area contributed by atoms with Crippen molar-refractivity contribution in [2.75, 3.05) is 0 Å². The minimum atomic E-state index is -4.03. The van der Waals surface area contributed by atoms with Crippen LogP contribution >= 0.6 is 0 Å². The van der Waals surface area contributed by atoms with Crippen molar-refractivity contribution in [2.24, 2.45) is 0 Å². The van der Waals surface area contributed by atoms with Crippen LogP contribution in [0.4, 0.5) is 0 Å². The number of hydrogen-bond donors (Lipinski definition) is 1. The van der Waals surface area contributed by atoms with Crippen molar-refractivity contribution in [1.82, 2.24) is 0 Å². The first-order valence-electron chi connectivity index (χ1n) is 5.96. The van der Waals surface area contributed by atoms with Gasteiger partial charge in [-0.05, 0) is 18.6 Å². The van der Waals surface area contributed by atoms with Gasteiger partial charge < -0.3 is 0 Å². The average molecular weight is 258 g/mol. The Morgan fingerprint density at radius 2 is 1.53 bits per heavy atom. The fraction of sp³-hybridized carbons (Fsp3) is 0.538. The van der Waals surface area contributed by atoms with Crippen LogP contribution in [0.15, 0.2) is 29.2 Å². The number of rotatable bonds is 4. The second-order valence-electron chi connectivity index (χ2n) is 3.95. The lowest BCUT2D eigenvalue weighted by Gasteiger charge is -1.99. The highest BCUT2D eigenvalue weighted by atomic mass is 32.2. The standard InChI is InChI=1S/C7H8O3S.C6H14/c1-6-4-2-3-5-7(6)11(8,9)10;1-3-5-6-4-2/h2-5H,1H3,(H,8,9,10);3-6H2,1-2H3. The molecule has 0 spiro atoms.